The van der Waals surface area contributed by atoms with Crippen LogP contribution in [0.25, 0.3) is 56.4 Å². The SMILES string of the molecule is C[Si]1(C)c2ccccc2-c2ccc(-c3ccccc3-c3nc(-c4ccccc4)nc(-c4ccccc4)n3)cc21. The van der Waals surface area contributed by atoms with Gasteiger partial charge in [-0.15, -0.1) is 0 Å². The summed E-state index contributed by atoms with van der Waals surface area (Å²) in [6, 6.07) is 44.6. The molecule has 7 rings (SSSR count). The van der Waals surface area contributed by atoms with Crippen molar-refractivity contribution in [3.8, 4) is 56.4 Å². The van der Waals surface area contributed by atoms with Crippen molar-refractivity contribution in [1.82, 2.24) is 15.0 Å². The fourth-order valence-corrected chi connectivity index (χ4v) is 8.83. The summed E-state index contributed by atoms with van der Waals surface area (Å²) in [6.07, 6.45) is 0. The molecule has 0 unspecified atom stereocenters. The minimum absolute atomic E-state index is 0.673. The first-order valence-corrected chi connectivity index (χ1v) is 16.3. The molecule has 0 radical (unpaired) electrons. The van der Waals surface area contributed by atoms with Crippen LogP contribution < -0.4 is 10.4 Å². The van der Waals surface area contributed by atoms with Gasteiger partial charge in [0.05, 0.1) is 0 Å². The van der Waals surface area contributed by atoms with Gasteiger partial charge in [-0.1, -0.05) is 140 Å². The standard InChI is InChI=1S/C35H27N3Si/c1-39(2)31-20-12-11-18-28(31)29-22-21-26(23-32(29)39)27-17-9-10-19-30(27)35-37-33(24-13-5-3-6-14-24)36-34(38-35)25-15-7-4-8-16-25/h3-23H,1-2H3. The molecular formula is C35H27N3Si. The first kappa shape index (κ1) is 23.4. The third-order valence-corrected chi connectivity index (χ3v) is 11.3. The number of rotatable bonds is 4. The van der Waals surface area contributed by atoms with E-state index >= 15 is 0 Å². The fraction of sp³-hybridized carbons (Fsp3) is 0.0571. The molecule has 0 saturated heterocycles. The number of benzene rings is 5. The number of hydrogen-bond donors (Lipinski definition) is 0. The Morgan fingerprint density at radius 1 is 0.385 bits per heavy atom. The van der Waals surface area contributed by atoms with E-state index < -0.39 is 8.07 Å². The van der Waals surface area contributed by atoms with Crippen molar-refractivity contribution in [2.45, 2.75) is 13.1 Å². The predicted molar refractivity (Wildman–Crippen MR) is 164 cm³/mol. The average molecular weight is 518 g/mol. The van der Waals surface area contributed by atoms with Gasteiger partial charge in [0.2, 0.25) is 0 Å². The maximum Gasteiger partial charge on any atom is 0.164 e. The van der Waals surface area contributed by atoms with Crippen LogP contribution in [0.3, 0.4) is 0 Å². The predicted octanol–water partition coefficient (Wildman–Crippen LogP) is 7.34. The minimum atomic E-state index is -1.79. The summed E-state index contributed by atoms with van der Waals surface area (Å²) in [5.74, 6) is 2.03. The molecule has 1 aliphatic rings. The van der Waals surface area contributed by atoms with E-state index in [4.69, 9.17) is 15.0 Å². The van der Waals surface area contributed by atoms with Crippen LogP contribution in [0.5, 0.6) is 0 Å². The molecular weight excluding hydrogens is 490 g/mol. The Balaban J connectivity index is 1.41. The molecule has 0 spiro atoms. The van der Waals surface area contributed by atoms with Gasteiger partial charge in [0, 0.05) is 16.7 Å². The van der Waals surface area contributed by atoms with Crippen LogP contribution in [0.4, 0.5) is 0 Å². The summed E-state index contributed by atoms with van der Waals surface area (Å²) >= 11 is 0. The van der Waals surface area contributed by atoms with Crippen LogP contribution in [0.2, 0.25) is 13.1 Å². The Labute approximate surface area is 229 Å². The molecule has 6 aromatic rings. The van der Waals surface area contributed by atoms with Crippen LogP contribution in [0, 0.1) is 0 Å². The van der Waals surface area contributed by atoms with Crippen molar-refractivity contribution >= 4 is 18.4 Å². The van der Waals surface area contributed by atoms with Gasteiger partial charge in [0.1, 0.15) is 8.07 Å². The van der Waals surface area contributed by atoms with Crippen LogP contribution in [-0.2, 0) is 0 Å². The molecule has 0 atom stereocenters. The Hall–Kier alpha value is -4.67. The molecule has 39 heavy (non-hydrogen) atoms. The lowest BCUT2D eigenvalue weighted by Crippen LogP contribution is -2.49. The highest BCUT2D eigenvalue weighted by Gasteiger charge is 2.37. The molecule has 2 heterocycles. The highest BCUT2D eigenvalue weighted by Crippen LogP contribution is 2.35. The summed E-state index contributed by atoms with van der Waals surface area (Å²) in [5, 5.41) is 3.00. The maximum absolute atomic E-state index is 5.01. The van der Waals surface area contributed by atoms with Gasteiger partial charge in [-0.25, -0.2) is 15.0 Å². The molecule has 5 aromatic carbocycles. The molecule has 186 valence electrons. The van der Waals surface area contributed by atoms with Crippen molar-refractivity contribution in [2.75, 3.05) is 0 Å². The second-order valence-corrected chi connectivity index (χ2v) is 14.8. The number of hydrogen-bond acceptors (Lipinski definition) is 3. The molecule has 1 aromatic heterocycles. The van der Waals surface area contributed by atoms with E-state index in [9.17, 15) is 0 Å². The van der Waals surface area contributed by atoms with Crippen LogP contribution in [-0.4, -0.2) is 23.0 Å². The molecule has 0 N–H and O–H groups in total. The van der Waals surface area contributed by atoms with Crippen LogP contribution in [0.1, 0.15) is 0 Å². The molecule has 1 aliphatic heterocycles. The van der Waals surface area contributed by atoms with E-state index in [-0.39, 0.29) is 0 Å². The number of nitrogens with zero attached hydrogens (tertiary/aromatic N) is 3. The monoisotopic (exact) mass is 517 g/mol. The zero-order chi connectivity index (χ0) is 26.4. The Morgan fingerprint density at radius 2 is 0.872 bits per heavy atom. The zero-order valence-corrected chi connectivity index (χ0v) is 23.0. The third-order valence-electron chi connectivity index (χ3n) is 7.76. The third kappa shape index (κ3) is 4.01. The summed E-state index contributed by atoms with van der Waals surface area (Å²) in [4.78, 5) is 14.9. The lowest BCUT2D eigenvalue weighted by Gasteiger charge is -2.20. The lowest BCUT2D eigenvalue weighted by molar-refractivity contribution is 1.07. The molecule has 0 saturated carbocycles. The van der Waals surface area contributed by atoms with Gasteiger partial charge in [-0.3, -0.25) is 0 Å². The van der Waals surface area contributed by atoms with Gasteiger partial charge >= 0.3 is 0 Å². The first-order valence-electron chi connectivity index (χ1n) is 13.3. The number of fused-ring (bicyclic) bond motifs is 3. The van der Waals surface area contributed by atoms with Crippen molar-refractivity contribution in [1.29, 1.82) is 0 Å². The molecule has 0 fully saturated rings. The van der Waals surface area contributed by atoms with Crippen molar-refractivity contribution in [3.05, 3.63) is 127 Å². The van der Waals surface area contributed by atoms with Gasteiger partial charge in [0.15, 0.2) is 17.5 Å². The van der Waals surface area contributed by atoms with Crippen molar-refractivity contribution in [2.24, 2.45) is 0 Å². The van der Waals surface area contributed by atoms with E-state index in [2.05, 4.69) is 79.8 Å². The van der Waals surface area contributed by atoms with Gasteiger partial charge in [0.25, 0.3) is 0 Å². The molecule has 0 aliphatic carbocycles. The van der Waals surface area contributed by atoms with Gasteiger partial charge in [-0.2, -0.15) is 0 Å². The quantitative estimate of drug-likeness (QED) is 0.230. The average Bonchev–Trinajstić information content (AvgIpc) is 3.24. The number of aromatic nitrogens is 3. The van der Waals surface area contributed by atoms with E-state index in [1.54, 1.807) is 0 Å². The maximum atomic E-state index is 5.01. The van der Waals surface area contributed by atoms with Crippen molar-refractivity contribution < 1.29 is 0 Å². The molecule has 4 heteroatoms. The van der Waals surface area contributed by atoms with E-state index in [1.165, 1.54) is 27.1 Å². The van der Waals surface area contributed by atoms with Gasteiger partial charge < -0.3 is 0 Å². The lowest BCUT2D eigenvalue weighted by atomic mass is 9.96. The Bertz CT molecular complexity index is 1770. The van der Waals surface area contributed by atoms with E-state index in [1.807, 2.05) is 60.7 Å². The molecule has 0 amide bonds. The largest absolute Gasteiger partial charge is 0.208 e. The normalized spacial score (nSPS) is 13.1. The van der Waals surface area contributed by atoms with Crippen LogP contribution >= 0.6 is 0 Å². The second-order valence-electron chi connectivity index (χ2n) is 10.5. The summed E-state index contributed by atoms with van der Waals surface area (Å²) in [5.41, 5.74) is 8.04. The highest BCUT2D eigenvalue weighted by atomic mass is 28.3. The Kier molecular flexibility index (Phi) is 5.57. The second kappa shape index (κ2) is 9.26. The van der Waals surface area contributed by atoms with E-state index in [0.717, 1.165) is 22.3 Å². The Morgan fingerprint density at radius 3 is 1.51 bits per heavy atom. The highest BCUT2D eigenvalue weighted by molar-refractivity contribution is 7.03. The topological polar surface area (TPSA) is 38.7 Å². The summed E-state index contributed by atoms with van der Waals surface area (Å²) in [6.45, 7) is 4.91. The zero-order valence-electron chi connectivity index (χ0n) is 22.0. The van der Waals surface area contributed by atoms with Crippen molar-refractivity contribution in [3.63, 3.8) is 0 Å². The minimum Gasteiger partial charge on any atom is -0.208 e. The molecule has 3 nitrogen and oxygen atoms in total. The summed E-state index contributed by atoms with van der Waals surface area (Å²) < 4.78 is 0. The van der Waals surface area contributed by atoms with E-state index in [0.29, 0.717) is 17.5 Å². The smallest absolute Gasteiger partial charge is 0.164 e. The first-order chi connectivity index (χ1) is 19.1. The van der Waals surface area contributed by atoms with Gasteiger partial charge in [-0.05, 0) is 32.6 Å². The molecule has 0 bridgehead atoms. The fourth-order valence-electron chi connectivity index (χ4n) is 5.73. The summed E-state index contributed by atoms with van der Waals surface area (Å²) in [7, 11) is -1.79. The van der Waals surface area contributed by atoms with Crippen LogP contribution in [0.15, 0.2) is 127 Å².